The van der Waals surface area contributed by atoms with Crippen molar-refractivity contribution in [3.05, 3.63) is 65.5 Å². The van der Waals surface area contributed by atoms with Crippen molar-refractivity contribution in [2.75, 3.05) is 26.3 Å². The number of likely N-dealkylation sites (tertiary alicyclic amines) is 1. The van der Waals surface area contributed by atoms with E-state index in [2.05, 4.69) is 4.90 Å². The van der Waals surface area contributed by atoms with Crippen LogP contribution in [0.25, 0.3) is 0 Å². The van der Waals surface area contributed by atoms with Crippen molar-refractivity contribution in [3.63, 3.8) is 0 Å². The van der Waals surface area contributed by atoms with Crippen molar-refractivity contribution in [1.29, 1.82) is 0 Å². The molecule has 1 aliphatic rings. The summed E-state index contributed by atoms with van der Waals surface area (Å²) in [6.45, 7) is 3.55. The number of benzene rings is 2. The first-order chi connectivity index (χ1) is 13.6. The normalized spacial score (nSPS) is 18.0. The predicted octanol–water partition coefficient (Wildman–Crippen LogP) is 3.58. The number of carbonyl (C=O) groups is 1. The molecule has 0 unspecified atom stereocenters. The summed E-state index contributed by atoms with van der Waals surface area (Å²) in [7, 11) is 0. The Morgan fingerprint density at radius 2 is 2.07 bits per heavy atom. The smallest absolute Gasteiger partial charge is 0.338 e. The summed E-state index contributed by atoms with van der Waals surface area (Å²) in [6.07, 6.45) is 1.35. The highest BCUT2D eigenvalue weighted by molar-refractivity contribution is 5.89. The van der Waals surface area contributed by atoms with E-state index in [9.17, 15) is 14.3 Å². The average molecular weight is 387 g/mol. The number of carbonyl (C=O) groups excluding carboxylic acids is 1. The molecular weight excluding hydrogens is 361 g/mol. The van der Waals surface area contributed by atoms with Gasteiger partial charge in [0.1, 0.15) is 24.3 Å². The third-order valence-corrected chi connectivity index (χ3v) is 4.85. The zero-order chi connectivity index (χ0) is 19.9. The van der Waals surface area contributed by atoms with E-state index in [1.54, 1.807) is 31.2 Å². The summed E-state index contributed by atoms with van der Waals surface area (Å²) in [5.74, 6) is -0.124. The minimum atomic E-state index is -0.674. The molecule has 28 heavy (non-hydrogen) atoms. The summed E-state index contributed by atoms with van der Waals surface area (Å²) in [5, 5.41) is 10.4. The maximum absolute atomic E-state index is 13.2. The minimum Gasteiger partial charge on any atom is -0.491 e. The molecule has 0 bridgehead atoms. The van der Waals surface area contributed by atoms with Gasteiger partial charge in [0.15, 0.2) is 0 Å². The second kappa shape index (κ2) is 9.66. The van der Waals surface area contributed by atoms with E-state index in [4.69, 9.17) is 9.47 Å². The lowest BCUT2D eigenvalue weighted by molar-refractivity contribution is 0.0524. The first-order valence-electron chi connectivity index (χ1n) is 9.64. The van der Waals surface area contributed by atoms with Crippen LogP contribution in [0, 0.1) is 5.82 Å². The number of hydrogen-bond acceptors (Lipinski definition) is 5. The van der Waals surface area contributed by atoms with Gasteiger partial charge in [-0.05, 0) is 62.2 Å². The summed E-state index contributed by atoms with van der Waals surface area (Å²) in [6, 6.07) is 13.5. The summed E-state index contributed by atoms with van der Waals surface area (Å²) >= 11 is 0. The Labute approximate surface area is 164 Å². The van der Waals surface area contributed by atoms with Crippen molar-refractivity contribution in [2.24, 2.45) is 0 Å². The van der Waals surface area contributed by atoms with Gasteiger partial charge in [0.05, 0.1) is 12.2 Å². The van der Waals surface area contributed by atoms with Gasteiger partial charge in [-0.25, -0.2) is 9.18 Å². The predicted molar refractivity (Wildman–Crippen MR) is 104 cm³/mol. The Morgan fingerprint density at radius 3 is 2.82 bits per heavy atom. The molecule has 2 aromatic carbocycles. The molecule has 1 fully saturated rings. The van der Waals surface area contributed by atoms with Crippen LogP contribution in [0.1, 0.15) is 41.7 Å². The molecule has 1 heterocycles. The highest BCUT2D eigenvalue weighted by atomic mass is 19.1. The zero-order valence-electron chi connectivity index (χ0n) is 16.0. The SMILES string of the molecule is CCOC(=O)c1cccc(OC[C@@H](O)CN2CCC[C@H]2c2ccc(F)cc2)c1. The highest BCUT2D eigenvalue weighted by Gasteiger charge is 2.27. The van der Waals surface area contributed by atoms with Crippen molar-refractivity contribution in [2.45, 2.75) is 31.9 Å². The number of esters is 1. The fraction of sp³-hybridized carbons (Fsp3) is 0.409. The van der Waals surface area contributed by atoms with Crippen LogP contribution in [0.4, 0.5) is 4.39 Å². The topological polar surface area (TPSA) is 59.0 Å². The fourth-order valence-electron chi connectivity index (χ4n) is 3.55. The molecule has 0 aliphatic carbocycles. The number of aliphatic hydroxyl groups is 1. The van der Waals surface area contributed by atoms with Crippen LogP contribution in [0.3, 0.4) is 0 Å². The quantitative estimate of drug-likeness (QED) is 0.702. The number of hydrogen-bond donors (Lipinski definition) is 1. The zero-order valence-corrected chi connectivity index (χ0v) is 16.0. The Bertz CT molecular complexity index is 780. The van der Waals surface area contributed by atoms with Crippen LogP contribution in [-0.4, -0.2) is 48.4 Å². The molecule has 0 amide bonds. The summed E-state index contributed by atoms with van der Waals surface area (Å²) < 4.78 is 23.8. The van der Waals surface area contributed by atoms with E-state index in [-0.39, 0.29) is 18.5 Å². The standard InChI is InChI=1S/C22H26FNO4/c1-2-27-22(26)17-5-3-6-20(13-17)28-15-19(25)14-24-12-4-7-21(24)16-8-10-18(23)11-9-16/h3,5-6,8-11,13,19,21,25H,2,4,7,12,14-15H2,1H3/t19-,21-/m0/s1. The Balaban J connectivity index is 1.54. The molecule has 1 N–H and O–H groups in total. The molecule has 0 radical (unpaired) electrons. The van der Waals surface area contributed by atoms with E-state index in [0.29, 0.717) is 24.5 Å². The van der Waals surface area contributed by atoms with Crippen molar-refractivity contribution < 1.29 is 23.8 Å². The number of rotatable bonds is 8. The number of ether oxygens (including phenoxy) is 2. The first kappa shape index (κ1) is 20.3. The van der Waals surface area contributed by atoms with Crippen molar-refractivity contribution in [1.82, 2.24) is 4.90 Å². The van der Waals surface area contributed by atoms with Gasteiger partial charge in [0.25, 0.3) is 0 Å². The van der Waals surface area contributed by atoms with Crippen LogP contribution in [0.5, 0.6) is 5.75 Å². The van der Waals surface area contributed by atoms with Gasteiger partial charge in [0, 0.05) is 12.6 Å². The first-order valence-corrected chi connectivity index (χ1v) is 9.64. The molecule has 150 valence electrons. The van der Waals surface area contributed by atoms with E-state index in [1.807, 2.05) is 12.1 Å². The van der Waals surface area contributed by atoms with Crippen molar-refractivity contribution >= 4 is 5.97 Å². The van der Waals surface area contributed by atoms with Gasteiger partial charge in [-0.1, -0.05) is 18.2 Å². The van der Waals surface area contributed by atoms with Gasteiger partial charge in [-0.15, -0.1) is 0 Å². The fourth-order valence-corrected chi connectivity index (χ4v) is 3.55. The van der Waals surface area contributed by atoms with Crippen LogP contribution in [0.2, 0.25) is 0 Å². The Hall–Kier alpha value is -2.44. The molecule has 0 aromatic heterocycles. The highest BCUT2D eigenvalue weighted by Crippen LogP contribution is 2.32. The van der Waals surface area contributed by atoms with Crippen LogP contribution < -0.4 is 4.74 Å². The van der Waals surface area contributed by atoms with E-state index < -0.39 is 12.1 Å². The number of halogens is 1. The van der Waals surface area contributed by atoms with E-state index in [1.165, 1.54) is 12.1 Å². The van der Waals surface area contributed by atoms with E-state index in [0.717, 1.165) is 24.9 Å². The van der Waals surface area contributed by atoms with Crippen LogP contribution >= 0.6 is 0 Å². The maximum atomic E-state index is 13.2. The molecule has 2 atom stereocenters. The average Bonchev–Trinajstić information content (AvgIpc) is 3.15. The lowest BCUT2D eigenvalue weighted by atomic mass is 10.0. The Morgan fingerprint density at radius 1 is 1.29 bits per heavy atom. The monoisotopic (exact) mass is 387 g/mol. The van der Waals surface area contributed by atoms with E-state index >= 15 is 0 Å². The van der Waals surface area contributed by atoms with Gasteiger partial charge in [-0.3, -0.25) is 4.90 Å². The maximum Gasteiger partial charge on any atom is 0.338 e. The second-order valence-electron chi connectivity index (χ2n) is 6.92. The molecule has 2 aromatic rings. The summed E-state index contributed by atoms with van der Waals surface area (Å²) in [4.78, 5) is 14.0. The lowest BCUT2D eigenvalue weighted by Gasteiger charge is -2.27. The molecule has 0 saturated carbocycles. The summed E-state index contributed by atoms with van der Waals surface area (Å²) in [5.41, 5.74) is 1.49. The lowest BCUT2D eigenvalue weighted by Crippen LogP contribution is -2.35. The molecule has 5 nitrogen and oxygen atoms in total. The molecule has 0 spiro atoms. The van der Waals surface area contributed by atoms with Gasteiger partial charge < -0.3 is 14.6 Å². The van der Waals surface area contributed by atoms with Crippen LogP contribution in [0.15, 0.2) is 48.5 Å². The van der Waals surface area contributed by atoms with Crippen LogP contribution in [-0.2, 0) is 4.74 Å². The Kier molecular flexibility index (Phi) is 7.01. The van der Waals surface area contributed by atoms with Gasteiger partial charge in [0.2, 0.25) is 0 Å². The number of nitrogens with zero attached hydrogens (tertiary/aromatic N) is 1. The van der Waals surface area contributed by atoms with Gasteiger partial charge >= 0.3 is 5.97 Å². The molecule has 6 heteroatoms. The molecule has 1 saturated heterocycles. The second-order valence-corrected chi connectivity index (χ2v) is 6.92. The largest absolute Gasteiger partial charge is 0.491 e. The number of β-amino-alcohol motifs (C(OH)–C–C–N with tert-alkyl or cyclic N) is 1. The number of aliphatic hydroxyl groups excluding tert-OH is 1. The van der Waals surface area contributed by atoms with Gasteiger partial charge in [-0.2, -0.15) is 0 Å². The minimum absolute atomic E-state index is 0.124. The molecule has 3 rings (SSSR count). The molecule has 1 aliphatic heterocycles. The molecular formula is C22H26FNO4. The third kappa shape index (κ3) is 5.30. The van der Waals surface area contributed by atoms with Crippen molar-refractivity contribution in [3.8, 4) is 5.75 Å². The third-order valence-electron chi connectivity index (χ3n) is 4.85.